The number of nitrogens with one attached hydrogen (secondary N) is 1. The number of rotatable bonds is 1. The van der Waals surface area contributed by atoms with Gasteiger partial charge >= 0.3 is 0 Å². The van der Waals surface area contributed by atoms with E-state index >= 15 is 0 Å². The summed E-state index contributed by atoms with van der Waals surface area (Å²) in [5, 5.41) is 3.71. The normalized spacial score (nSPS) is 34.3. The maximum atomic E-state index is 3.71. The first kappa shape index (κ1) is 9.41. The van der Waals surface area contributed by atoms with E-state index in [1.54, 1.807) is 5.56 Å². The highest BCUT2D eigenvalue weighted by atomic mass is 15.0. The smallest absolute Gasteiger partial charge is 0.00760 e. The highest BCUT2D eigenvalue weighted by molar-refractivity contribution is 5.30. The molecule has 0 aromatic heterocycles. The van der Waals surface area contributed by atoms with E-state index in [0.29, 0.717) is 0 Å². The van der Waals surface area contributed by atoms with Crippen molar-refractivity contribution in [1.29, 1.82) is 0 Å². The van der Waals surface area contributed by atoms with E-state index in [1.165, 1.54) is 31.2 Å². The van der Waals surface area contributed by atoms with Gasteiger partial charge in [-0.05, 0) is 49.7 Å². The molecule has 1 heteroatoms. The number of hydrogen-bond donors (Lipinski definition) is 1. The van der Waals surface area contributed by atoms with E-state index in [2.05, 4.69) is 36.5 Å². The van der Waals surface area contributed by atoms with Gasteiger partial charge in [0.25, 0.3) is 0 Å². The van der Waals surface area contributed by atoms with Crippen LogP contribution in [0.4, 0.5) is 0 Å². The fraction of sp³-hybridized carbons (Fsp3) is 0.571. The van der Waals surface area contributed by atoms with Crippen molar-refractivity contribution in [3.63, 3.8) is 0 Å². The van der Waals surface area contributed by atoms with Gasteiger partial charge in [0.05, 0.1) is 0 Å². The Kier molecular flexibility index (Phi) is 2.28. The molecule has 1 aromatic rings. The molecule has 0 radical (unpaired) electrons. The monoisotopic (exact) mass is 201 g/mol. The molecule has 1 nitrogen and oxygen atoms in total. The molecule has 15 heavy (non-hydrogen) atoms. The van der Waals surface area contributed by atoms with E-state index in [4.69, 9.17) is 0 Å². The fourth-order valence-electron chi connectivity index (χ4n) is 3.36. The van der Waals surface area contributed by atoms with E-state index < -0.39 is 0 Å². The number of hydrogen-bond acceptors (Lipinski definition) is 1. The first-order valence-electron chi connectivity index (χ1n) is 6.14. The highest BCUT2D eigenvalue weighted by Crippen LogP contribution is 2.38. The van der Waals surface area contributed by atoms with Gasteiger partial charge in [0.1, 0.15) is 0 Å². The predicted octanol–water partition coefficient (Wildman–Crippen LogP) is 2.99. The number of benzene rings is 1. The second kappa shape index (κ2) is 3.64. The van der Waals surface area contributed by atoms with Crippen molar-refractivity contribution in [1.82, 2.24) is 5.32 Å². The molecule has 3 atom stereocenters. The Bertz CT molecular complexity index is 346. The number of piperidine rings is 1. The SMILES string of the molecule is Cc1ccccc1C1C[C@H]2CC[C@@H](C1)N2. The molecule has 80 valence electrons. The minimum Gasteiger partial charge on any atom is -0.311 e. The van der Waals surface area contributed by atoms with Crippen LogP contribution in [0.5, 0.6) is 0 Å². The van der Waals surface area contributed by atoms with Crippen molar-refractivity contribution in [3.05, 3.63) is 35.4 Å². The van der Waals surface area contributed by atoms with Crippen LogP contribution in [-0.4, -0.2) is 12.1 Å². The third-order valence-corrected chi connectivity index (χ3v) is 4.10. The lowest BCUT2D eigenvalue weighted by Crippen LogP contribution is -2.37. The second-order valence-corrected chi connectivity index (χ2v) is 5.16. The highest BCUT2D eigenvalue weighted by Gasteiger charge is 2.34. The average Bonchev–Trinajstić information content (AvgIpc) is 2.58. The first-order chi connectivity index (χ1) is 7.33. The molecule has 2 bridgehead atoms. The molecule has 0 aliphatic carbocycles. The summed E-state index contributed by atoms with van der Waals surface area (Å²) < 4.78 is 0. The lowest BCUT2D eigenvalue weighted by atomic mass is 9.84. The molecular formula is C14H19N. The molecule has 0 spiro atoms. The van der Waals surface area contributed by atoms with Crippen LogP contribution in [0.15, 0.2) is 24.3 Å². The van der Waals surface area contributed by atoms with Crippen LogP contribution in [0.1, 0.15) is 42.7 Å². The maximum absolute atomic E-state index is 3.71. The van der Waals surface area contributed by atoms with Gasteiger partial charge in [0, 0.05) is 12.1 Å². The Balaban J connectivity index is 1.86. The summed E-state index contributed by atoms with van der Waals surface area (Å²) in [4.78, 5) is 0. The second-order valence-electron chi connectivity index (χ2n) is 5.16. The van der Waals surface area contributed by atoms with Crippen molar-refractivity contribution >= 4 is 0 Å². The van der Waals surface area contributed by atoms with Gasteiger partial charge in [-0.25, -0.2) is 0 Å². The molecule has 2 fully saturated rings. The number of fused-ring (bicyclic) bond motifs is 2. The lowest BCUT2D eigenvalue weighted by Gasteiger charge is -2.30. The summed E-state index contributed by atoms with van der Waals surface area (Å²) in [6.45, 7) is 2.25. The Morgan fingerprint density at radius 1 is 1.07 bits per heavy atom. The Morgan fingerprint density at radius 3 is 2.40 bits per heavy atom. The summed E-state index contributed by atoms with van der Waals surface area (Å²) in [6, 6.07) is 10.5. The zero-order valence-corrected chi connectivity index (χ0v) is 9.37. The van der Waals surface area contributed by atoms with Gasteiger partial charge in [-0.1, -0.05) is 24.3 Å². The van der Waals surface area contributed by atoms with Gasteiger partial charge in [0.15, 0.2) is 0 Å². The average molecular weight is 201 g/mol. The molecule has 2 aliphatic rings. The van der Waals surface area contributed by atoms with Crippen molar-refractivity contribution in [3.8, 4) is 0 Å². The van der Waals surface area contributed by atoms with Crippen molar-refractivity contribution in [2.24, 2.45) is 0 Å². The molecule has 2 saturated heterocycles. The summed E-state index contributed by atoms with van der Waals surface area (Å²) in [5.41, 5.74) is 3.07. The van der Waals surface area contributed by atoms with Crippen LogP contribution in [0.2, 0.25) is 0 Å². The Hall–Kier alpha value is -0.820. The molecule has 0 amide bonds. The van der Waals surface area contributed by atoms with Crippen molar-refractivity contribution in [2.75, 3.05) is 0 Å². The minimum atomic E-state index is 0.799. The summed E-state index contributed by atoms with van der Waals surface area (Å²) in [5.74, 6) is 0.810. The maximum Gasteiger partial charge on any atom is 0.00760 e. The third kappa shape index (κ3) is 1.69. The zero-order valence-electron chi connectivity index (χ0n) is 9.37. The molecule has 1 aromatic carbocycles. The standard InChI is InChI=1S/C14H19N/c1-10-4-2-3-5-14(10)11-8-12-6-7-13(9-11)15-12/h2-5,11-13,15H,6-9H2,1H3/t11?,12-,13+. The van der Waals surface area contributed by atoms with Crippen molar-refractivity contribution < 1.29 is 0 Å². The van der Waals surface area contributed by atoms with Crippen LogP contribution in [0.3, 0.4) is 0 Å². The molecule has 2 heterocycles. The quantitative estimate of drug-likeness (QED) is 0.736. The van der Waals surface area contributed by atoms with E-state index in [0.717, 1.165) is 18.0 Å². The summed E-state index contributed by atoms with van der Waals surface area (Å²) in [6.07, 6.45) is 5.49. The molecule has 1 unspecified atom stereocenters. The van der Waals surface area contributed by atoms with Gasteiger partial charge in [-0.15, -0.1) is 0 Å². The van der Waals surface area contributed by atoms with E-state index in [1.807, 2.05) is 0 Å². The van der Waals surface area contributed by atoms with E-state index in [-0.39, 0.29) is 0 Å². The van der Waals surface area contributed by atoms with Crippen LogP contribution in [0, 0.1) is 6.92 Å². The van der Waals surface area contributed by atoms with Crippen molar-refractivity contribution in [2.45, 2.75) is 50.6 Å². The zero-order chi connectivity index (χ0) is 10.3. The largest absolute Gasteiger partial charge is 0.311 e. The van der Waals surface area contributed by atoms with Crippen LogP contribution in [-0.2, 0) is 0 Å². The number of aryl methyl sites for hydroxylation is 1. The lowest BCUT2D eigenvalue weighted by molar-refractivity contribution is 0.362. The summed E-state index contributed by atoms with van der Waals surface area (Å²) in [7, 11) is 0. The molecule has 3 rings (SSSR count). The van der Waals surface area contributed by atoms with Gasteiger partial charge in [0.2, 0.25) is 0 Å². The predicted molar refractivity (Wildman–Crippen MR) is 63.1 cm³/mol. The Morgan fingerprint density at radius 2 is 1.73 bits per heavy atom. The minimum absolute atomic E-state index is 0.799. The molecule has 0 saturated carbocycles. The first-order valence-corrected chi connectivity index (χ1v) is 6.14. The third-order valence-electron chi connectivity index (χ3n) is 4.10. The Labute approximate surface area is 91.9 Å². The topological polar surface area (TPSA) is 12.0 Å². The van der Waals surface area contributed by atoms with Gasteiger partial charge in [-0.3, -0.25) is 0 Å². The van der Waals surface area contributed by atoms with Gasteiger partial charge < -0.3 is 5.32 Å². The van der Waals surface area contributed by atoms with E-state index in [9.17, 15) is 0 Å². The van der Waals surface area contributed by atoms with Crippen LogP contribution in [0.25, 0.3) is 0 Å². The van der Waals surface area contributed by atoms with Gasteiger partial charge in [-0.2, -0.15) is 0 Å². The molecule has 1 N–H and O–H groups in total. The summed E-state index contributed by atoms with van der Waals surface area (Å²) >= 11 is 0. The van der Waals surface area contributed by atoms with Crippen LogP contribution < -0.4 is 5.32 Å². The van der Waals surface area contributed by atoms with Crippen LogP contribution >= 0.6 is 0 Å². The molecular weight excluding hydrogens is 182 g/mol. The fourth-order valence-corrected chi connectivity index (χ4v) is 3.36. The molecule has 2 aliphatic heterocycles.